The summed E-state index contributed by atoms with van der Waals surface area (Å²) in [7, 11) is 0. The van der Waals surface area contributed by atoms with E-state index in [-0.39, 0.29) is 0 Å². The van der Waals surface area contributed by atoms with Crippen LogP contribution < -0.4 is 0 Å². The van der Waals surface area contributed by atoms with Crippen LogP contribution in [0, 0.1) is 0 Å². The summed E-state index contributed by atoms with van der Waals surface area (Å²) in [6, 6.07) is 0. The van der Waals surface area contributed by atoms with E-state index in [9.17, 15) is 0 Å². The van der Waals surface area contributed by atoms with Gasteiger partial charge in [-0.2, -0.15) is 0 Å². The van der Waals surface area contributed by atoms with Crippen molar-refractivity contribution in [3.05, 3.63) is 0 Å². The van der Waals surface area contributed by atoms with E-state index in [1.165, 1.54) is 19.3 Å². The Hall–Kier alpha value is 0.519. The molecular formula is C16H22Fe. The van der Waals surface area contributed by atoms with Gasteiger partial charge in [0.15, 0.2) is 0 Å². The molecule has 10 heterocycles. The van der Waals surface area contributed by atoms with Crippen LogP contribution in [0.3, 0.4) is 0 Å². The predicted molar refractivity (Wildman–Crippen MR) is 65.2 cm³/mol. The van der Waals surface area contributed by atoms with Crippen molar-refractivity contribution in [1.82, 2.24) is 0 Å². The van der Waals surface area contributed by atoms with Crippen LogP contribution in [0.15, 0.2) is 0 Å². The predicted octanol–water partition coefficient (Wildman–Crippen LogP) is 5.72. The second kappa shape index (κ2) is 0.455. The van der Waals surface area contributed by atoms with Gasteiger partial charge in [0.05, 0.1) is 0 Å². The molecule has 0 aromatic carbocycles. The van der Waals surface area contributed by atoms with E-state index in [1.54, 1.807) is 0 Å². The first-order valence-electron chi connectivity index (χ1n) is 7.69. The minimum absolute atomic E-state index is 0.956. The third kappa shape index (κ3) is 0.0439. The minimum atomic E-state index is -3.29. The van der Waals surface area contributed by atoms with Crippen LogP contribution >= 0.6 is 0 Å². The second-order valence-corrected chi connectivity index (χ2v) is 35.8. The first-order valence-corrected chi connectivity index (χ1v) is 13.6. The molecule has 8 atom stereocenters. The maximum absolute atomic E-state index is 3.29. The van der Waals surface area contributed by atoms with Crippen molar-refractivity contribution in [3.63, 3.8) is 0 Å². The van der Waals surface area contributed by atoms with Crippen LogP contribution in [0.1, 0.15) is 41.5 Å². The molecule has 1 spiro atoms. The monoisotopic (exact) mass is 270 g/mol. The SMILES string of the molecule is C[C]12[CH]3[CH]4[C]5(C)[CH]1[Fe]34251678[CH]2[C]1(C)[C]6(C)[C]7(C)[C]28C. The molecule has 0 aliphatic carbocycles. The van der Waals surface area contributed by atoms with Gasteiger partial charge in [0, 0.05) is 0 Å². The van der Waals surface area contributed by atoms with Crippen LogP contribution in [-0.2, 0) is 6.51 Å². The van der Waals surface area contributed by atoms with Gasteiger partial charge in [-0.15, -0.1) is 0 Å². The third-order valence-electron chi connectivity index (χ3n) is 20.0. The Bertz CT molecular complexity index is 1100. The average molecular weight is 270 g/mol. The van der Waals surface area contributed by atoms with Gasteiger partial charge in [-0.25, -0.2) is 0 Å². The summed E-state index contributed by atoms with van der Waals surface area (Å²) in [5.74, 6) is 0. The fourth-order valence-corrected chi connectivity index (χ4v) is 117. The standard InChI is InChI=1S/C9H13.C7H9.Fe/c1-6-5-7(2)9(4)8(6)3;1-6-3-4-7(2)5-6;/h5H,1-4H3;3-5H,1-2H3;. The topological polar surface area (TPSA) is 0 Å². The van der Waals surface area contributed by atoms with Gasteiger partial charge in [-0.05, 0) is 0 Å². The molecular weight excluding hydrogens is 248 g/mol. The van der Waals surface area contributed by atoms with E-state index in [0.717, 1.165) is 25.9 Å². The summed E-state index contributed by atoms with van der Waals surface area (Å²) < 4.78 is 5.88. The first kappa shape index (κ1) is 6.80. The van der Waals surface area contributed by atoms with Gasteiger partial charge >= 0.3 is 93.2 Å². The average Bonchev–Trinajstić information content (AvgIpc) is 3.20. The summed E-state index contributed by atoms with van der Waals surface area (Å²) in [5.41, 5.74) is 0. The van der Waals surface area contributed by atoms with Crippen molar-refractivity contribution in [3.8, 4) is 0 Å². The molecule has 0 saturated carbocycles. The van der Waals surface area contributed by atoms with E-state index in [0.29, 0.717) is 0 Å². The molecule has 0 amide bonds. The quantitative estimate of drug-likeness (QED) is 0.494. The van der Waals surface area contributed by atoms with Crippen molar-refractivity contribution in [2.75, 3.05) is 0 Å². The zero-order valence-corrected chi connectivity index (χ0v) is 12.8. The van der Waals surface area contributed by atoms with E-state index < -0.39 is 6.51 Å². The number of hydrogen-bond donors (Lipinski definition) is 0. The maximum atomic E-state index is 2.85. The van der Waals surface area contributed by atoms with Crippen LogP contribution in [-0.4, -0.2) is 0 Å². The molecule has 10 rings (SSSR count). The Labute approximate surface area is 93.2 Å². The van der Waals surface area contributed by atoms with Crippen LogP contribution in [0.4, 0.5) is 0 Å². The fraction of sp³-hybridized carbons (Fsp3) is 1.00. The molecule has 10 aliphatic rings. The van der Waals surface area contributed by atoms with Gasteiger partial charge in [0.25, 0.3) is 0 Å². The van der Waals surface area contributed by atoms with Crippen LogP contribution in [0.5, 0.6) is 0 Å². The Morgan fingerprint density at radius 1 is 0.647 bits per heavy atom. The molecule has 17 heavy (non-hydrogen) atoms. The first-order chi connectivity index (χ1) is 7.49. The van der Waals surface area contributed by atoms with Crippen molar-refractivity contribution >= 4 is 0 Å². The molecule has 0 aromatic heterocycles. The molecule has 0 nitrogen and oxygen atoms in total. The van der Waals surface area contributed by atoms with Crippen molar-refractivity contribution in [1.29, 1.82) is 0 Å². The van der Waals surface area contributed by atoms with Crippen molar-refractivity contribution in [2.45, 2.75) is 86.7 Å². The molecule has 10 aliphatic heterocycles. The molecule has 0 bridgehead atoms. The summed E-state index contributed by atoms with van der Waals surface area (Å²) in [6.45, 7) is 13.8. The molecule has 10 fully saturated rings. The number of rotatable bonds is 0. The number of hydrogen-bond acceptors (Lipinski definition) is 0. The second-order valence-electron chi connectivity index (χ2n) is 12.3. The van der Waals surface area contributed by atoms with Gasteiger partial charge < -0.3 is 0 Å². The van der Waals surface area contributed by atoms with E-state index in [2.05, 4.69) is 41.5 Å². The van der Waals surface area contributed by atoms with Gasteiger partial charge in [-0.1, -0.05) is 0 Å². The van der Waals surface area contributed by atoms with Gasteiger partial charge in [0.1, 0.15) is 0 Å². The van der Waals surface area contributed by atoms with Gasteiger partial charge in [0.2, 0.25) is 0 Å². The van der Waals surface area contributed by atoms with Crippen LogP contribution in [0.2, 0.25) is 45.1 Å². The zero-order valence-electron chi connectivity index (χ0n) is 11.7. The summed E-state index contributed by atoms with van der Waals surface area (Å²) in [6.07, 6.45) is 0. The fourth-order valence-electron chi connectivity index (χ4n) is 25.0. The molecule has 0 N–H and O–H groups in total. The summed E-state index contributed by atoms with van der Waals surface area (Å²) in [4.78, 5) is 5.46. The van der Waals surface area contributed by atoms with Gasteiger partial charge in [-0.3, -0.25) is 0 Å². The molecule has 1 heteroatoms. The summed E-state index contributed by atoms with van der Waals surface area (Å²) in [5, 5.41) is 0. The third-order valence-corrected chi connectivity index (χ3v) is 72.3. The zero-order chi connectivity index (χ0) is 11.6. The van der Waals surface area contributed by atoms with Crippen LogP contribution in [0.25, 0.3) is 0 Å². The Morgan fingerprint density at radius 2 is 1.06 bits per heavy atom. The number of fused-ring (bicyclic) bond motifs is 10. The molecule has 0 radical (unpaired) electrons. The van der Waals surface area contributed by atoms with E-state index >= 15 is 0 Å². The Balaban J connectivity index is 1.97. The van der Waals surface area contributed by atoms with Crippen molar-refractivity contribution in [2.24, 2.45) is 0 Å². The molecule has 10 saturated heterocycles. The van der Waals surface area contributed by atoms with E-state index in [4.69, 9.17) is 0 Å². The molecule has 94 valence electrons. The van der Waals surface area contributed by atoms with E-state index in [1.807, 2.05) is 0 Å². The Kier molecular flexibility index (Phi) is 0.182. The molecule has 8 unspecified atom stereocenters. The summed E-state index contributed by atoms with van der Waals surface area (Å²) >= 11 is 0. The van der Waals surface area contributed by atoms with Crippen molar-refractivity contribution < 1.29 is 6.51 Å². The normalized spacial score (nSPS) is 141. The molecule has 0 aromatic rings. The Morgan fingerprint density at radius 3 is 1.06 bits per heavy atom.